The van der Waals surface area contributed by atoms with Crippen molar-refractivity contribution in [1.29, 1.82) is 0 Å². The van der Waals surface area contributed by atoms with E-state index in [0.29, 0.717) is 12.3 Å². The van der Waals surface area contributed by atoms with E-state index in [0.717, 1.165) is 36.0 Å². The van der Waals surface area contributed by atoms with E-state index in [1.54, 1.807) is 0 Å². The molecule has 2 aromatic rings. The lowest BCUT2D eigenvalue weighted by Crippen LogP contribution is -2.34. The van der Waals surface area contributed by atoms with E-state index in [1.807, 2.05) is 36.2 Å². The Morgan fingerprint density at radius 3 is 2.91 bits per heavy atom. The molecule has 0 radical (unpaired) electrons. The van der Waals surface area contributed by atoms with Gasteiger partial charge in [0.1, 0.15) is 11.6 Å². The van der Waals surface area contributed by atoms with Gasteiger partial charge in [-0.15, -0.1) is 0 Å². The van der Waals surface area contributed by atoms with Crippen LogP contribution in [-0.2, 0) is 11.2 Å². The van der Waals surface area contributed by atoms with Crippen molar-refractivity contribution in [2.75, 3.05) is 16.8 Å². The lowest BCUT2D eigenvalue weighted by atomic mass is 10.0. The number of fused-ring (bicyclic) bond motifs is 1. The second-order valence-corrected chi connectivity index (χ2v) is 6.18. The van der Waals surface area contributed by atoms with E-state index < -0.39 is 0 Å². The largest absolute Gasteiger partial charge is 0.340 e. The van der Waals surface area contributed by atoms with Crippen LogP contribution in [0, 0.1) is 0 Å². The highest BCUT2D eigenvalue weighted by atomic mass is 16.2. The van der Waals surface area contributed by atoms with E-state index in [1.165, 1.54) is 18.4 Å². The van der Waals surface area contributed by atoms with Gasteiger partial charge >= 0.3 is 0 Å². The molecule has 118 valence electrons. The maximum Gasteiger partial charge on any atom is 0.227 e. The molecule has 1 N–H and O–H groups in total. The van der Waals surface area contributed by atoms with Gasteiger partial charge in [0.2, 0.25) is 5.91 Å². The number of hydrogen-bond donors (Lipinski definition) is 1. The second-order valence-electron chi connectivity index (χ2n) is 6.18. The molecule has 5 heteroatoms. The van der Waals surface area contributed by atoms with Crippen molar-refractivity contribution in [2.24, 2.45) is 0 Å². The number of hydrogen-bond acceptors (Lipinski definition) is 4. The number of carbonyl (C=O) groups is 1. The predicted octanol–water partition coefficient (Wildman–Crippen LogP) is 3.40. The number of nitrogens with zero attached hydrogens (tertiary/aromatic N) is 3. The summed E-state index contributed by atoms with van der Waals surface area (Å²) < 4.78 is 0. The van der Waals surface area contributed by atoms with Crippen molar-refractivity contribution in [1.82, 2.24) is 9.97 Å². The van der Waals surface area contributed by atoms with Crippen LogP contribution in [0.2, 0.25) is 0 Å². The van der Waals surface area contributed by atoms with Crippen LogP contribution >= 0.6 is 0 Å². The summed E-state index contributed by atoms with van der Waals surface area (Å²) in [5.74, 6) is 2.53. The molecule has 0 saturated heterocycles. The first-order chi connectivity index (χ1) is 11.2. The molecule has 1 aromatic carbocycles. The van der Waals surface area contributed by atoms with Gasteiger partial charge in [-0.1, -0.05) is 0 Å². The van der Waals surface area contributed by atoms with Crippen molar-refractivity contribution in [3.63, 3.8) is 0 Å². The third-order valence-corrected chi connectivity index (χ3v) is 4.48. The van der Waals surface area contributed by atoms with E-state index in [-0.39, 0.29) is 5.91 Å². The maximum absolute atomic E-state index is 12.0. The molecule has 1 amide bonds. The second kappa shape index (κ2) is 5.65. The Morgan fingerprint density at radius 2 is 2.13 bits per heavy atom. The summed E-state index contributed by atoms with van der Waals surface area (Å²) in [7, 11) is 0. The maximum atomic E-state index is 12.0. The predicted molar refractivity (Wildman–Crippen MR) is 90.1 cm³/mol. The van der Waals surface area contributed by atoms with Gasteiger partial charge in [-0.25, -0.2) is 9.97 Å². The third-order valence-electron chi connectivity index (χ3n) is 4.48. The van der Waals surface area contributed by atoms with Crippen LogP contribution in [0.25, 0.3) is 0 Å². The lowest BCUT2D eigenvalue weighted by Gasteiger charge is -2.28. The quantitative estimate of drug-likeness (QED) is 0.940. The number of benzene rings is 1. The first kappa shape index (κ1) is 14.2. The zero-order valence-electron chi connectivity index (χ0n) is 13.2. The molecular weight excluding hydrogens is 288 g/mol. The summed E-state index contributed by atoms with van der Waals surface area (Å²) in [5.41, 5.74) is 3.26. The molecule has 4 rings (SSSR count). The average Bonchev–Trinajstić information content (AvgIpc) is 3.40. The number of aromatic nitrogens is 2. The number of nitrogens with one attached hydrogen (secondary N) is 1. The molecule has 1 saturated carbocycles. The average molecular weight is 308 g/mol. The SMILES string of the molecule is CCN1C(=O)CCc2cc(Nc3ccnc(C4CC4)n3)ccc21. The minimum atomic E-state index is 0.214. The minimum absolute atomic E-state index is 0.214. The number of amides is 1. The van der Waals surface area contributed by atoms with Gasteiger partial charge in [0.05, 0.1) is 0 Å². The van der Waals surface area contributed by atoms with Gasteiger partial charge in [0.25, 0.3) is 0 Å². The Balaban J connectivity index is 1.58. The van der Waals surface area contributed by atoms with Gasteiger partial charge in [0.15, 0.2) is 0 Å². The molecule has 1 fully saturated rings. The van der Waals surface area contributed by atoms with Gasteiger partial charge in [-0.2, -0.15) is 0 Å². The highest BCUT2D eigenvalue weighted by Crippen LogP contribution is 2.38. The topological polar surface area (TPSA) is 58.1 Å². The highest BCUT2D eigenvalue weighted by molar-refractivity contribution is 5.96. The summed E-state index contributed by atoms with van der Waals surface area (Å²) in [6.07, 6.45) is 5.60. The Labute approximate surface area is 135 Å². The molecule has 1 aliphatic heterocycles. The van der Waals surface area contributed by atoms with Crippen LogP contribution in [0.4, 0.5) is 17.2 Å². The first-order valence-electron chi connectivity index (χ1n) is 8.28. The number of anilines is 3. The van der Waals surface area contributed by atoms with Crippen LogP contribution in [0.5, 0.6) is 0 Å². The molecule has 0 unspecified atom stereocenters. The molecule has 2 heterocycles. The van der Waals surface area contributed by atoms with Crippen LogP contribution in [0.1, 0.15) is 43.5 Å². The minimum Gasteiger partial charge on any atom is -0.340 e. The molecule has 0 spiro atoms. The van der Waals surface area contributed by atoms with E-state index in [4.69, 9.17) is 0 Å². The Bertz CT molecular complexity index is 754. The zero-order valence-corrected chi connectivity index (χ0v) is 13.2. The van der Waals surface area contributed by atoms with Crippen molar-refractivity contribution >= 4 is 23.1 Å². The molecule has 23 heavy (non-hydrogen) atoms. The molecule has 1 aromatic heterocycles. The van der Waals surface area contributed by atoms with Crippen molar-refractivity contribution < 1.29 is 4.79 Å². The summed E-state index contributed by atoms with van der Waals surface area (Å²) in [5, 5.41) is 3.37. The fourth-order valence-electron chi connectivity index (χ4n) is 3.11. The Kier molecular flexibility index (Phi) is 3.48. The van der Waals surface area contributed by atoms with E-state index in [2.05, 4.69) is 21.4 Å². The molecule has 0 atom stereocenters. The van der Waals surface area contributed by atoms with Crippen LogP contribution in [-0.4, -0.2) is 22.4 Å². The molecule has 5 nitrogen and oxygen atoms in total. The first-order valence-corrected chi connectivity index (χ1v) is 8.28. The van der Waals surface area contributed by atoms with Crippen molar-refractivity contribution in [3.05, 3.63) is 41.9 Å². The van der Waals surface area contributed by atoms with Gasteiger partial charge in [-0.05, 0) is 56.0 Å². The van der Waals surface area contributed by atoms with Gasteiger partial charge in [-0.3, -0.25) is 4.79 Å². The van der Waals surface area contributed by atoms with E-state index in [9.17, 15) is 4.79 Å². The van der Waals surface area contributed by atoms with Crippen molar-refractivity contribution in [2.45, 2.75) is 38.5 Å². The standard InChI is InChI=1S/C18H20N4O/c1-2-22-15-7-6-14(11-13(15)5-8-17(22)23)20-16-9-10-19-18(21-16)12-3-4-12/h6-7,9-12H,2-5,8H2,1H3,(H,19,20,21). The Hall–Kier alpha value is -2.43. The zero-order chi connectivity index (χ0) is 15.8. The Morgan fingerprint density at radius 1 is 1.26 bits per heavy atom. The van der Waals surface area contributed by atoms with Gasteiger partial charge < -0.3 is 10.2 Å². The molecule has 0 bridgehead atoms. The third kappa shape index (κ3) is 2.79. The monoisotopic (exact) mass is 308 g/mol. The van der Waals surface area contributed by atoms with Crippen LogP contribution in [0.3, 0.4) is 0 Å². The summed E-state index contributed by atoms with van der Waals surface area (Å²) in [6, 6.07) is 8.07. The summed E-state index contributed by atoms with van der Waals surface area (Å²) in [4.78, 5) is 22.8. The van der Waals surface area contributed by atoms with Crippen LogP contribution < -0.4 is 10.2 Å². The highest BCUT2D eigenvalue weighted by Gasteiger charge is 2.26. The number of carbonyl (C=O) groups excluding carboxylic acids is 1. The van der Waals surface area contributed by atoms with Crippen molar-refractivity contribution in [3.8, 4) is 0 Å². The number of aryl methyl sites for hydroxylation is 1. The normalized spacial score (nSPS) is 17.1. The fourth-order valence-corrected chi connectivity index (χ4v) is 3.11. The number of rotatable bonds is 4. The summed E-state index contributed by atoms with van der Waals surface area (Å²) in [6.45, 7) is 2.73. The van der Waals surface area contributed by atoms with E-state index >= 15 is 0 Å². The molecule has 2 aliphatic rings. The summed E-state index contributed by atoms with van der Waals surface area (Å²) >= 11 is 0. The lowest BCUT2D eigenvalue weighted by molar-refractivity contribution is -0.118. The van der Waals surface area contributed by atoms with Gasteiger partial charge in [0, 0.05) is 36.5 Å². The van der Waals surface area contributed by atoms with Crippen LogP contribution in [0.15, 0.2) is 30.5 Å². The molecular formula is C18H20N4O. The molecule has 1 aliphatic carbocycles. The fraction of sp³-hybridized carbons (Fsp3) is 0.389. The smallest absolute Gasteiger partial charge is 0.227 e.